The number of thioether (sulfide) groups is 1. The SMILES string of the molecule is O=Cc1ccc(/C=C2\SC(=S)N(c3ccc(C(=O)[O-])cc3)C2=O)cc1. The normalized spacial score (nSPS) is 15.7. The Balaban J connectivity index is 1.87. The lowest BCUT2D eigenvalue weighted by molar-refractivity contribution is -0.255. The number of carboxylic acid groups (broad SMARTS) is 1. The first-order valence-electron chi connectivity index (χ1n) is 7.14. The fourth-order valence-corrected chi connectivity index (χ4v) is 3.56. The maximum atomic E-state index is 12.6. The van der Waals surface area contributed by atoms with Gasteiger partial charge in [-0.1, -0.05) is 60.4 Å². The number of carbonyl (C=O) groups is 3. The summed E-state index contributed by atoms with van der Waals surface area (Å²) in [5, 5.41) is 10.8. The van der Waals surface area contributed by atoms with Gasteiger partial charge in [0.2, 0.25) is 0 Å². The molecule has 0 unspecified atom stereocenters. The molecule has 0 radical (unpaired) electrons. The van der Waals surface area contributed by atoms with Gasteiger partial charge in [0.25, 0.3) is 5.91 Å². The highest BCUT2D eigenvalue weighted by atomic mass is 32.2. The van der Waals surface area contributed by atoms with E-state index in [2.05, 4.69) is 0 Å². The number of aromatic carboxylic acids is 1. The summed E-state index contributed by atoms with van der Waals surface area (Å²) in [5.41, 5.74) is 1.85. The Hall–Kier alpha value is -2.77. The van der Waals surface area contributed by atoms with Gasteiger partial charge in [-0.25, -0.2) is 0 Å². The lowest BCUT2D eigenvalue weighted by Crippen LogP contribution is -2.28. The molecule has 1 saturated heterocycles. The van der Waals surface area contributed by atoms with Crippen molar-refractivity contribution in [3.63, 3.8) is 0 Å². The van der Waals surface area contributed by atoms with Crippen LogP contribution < -0.4 is 10.0 Å². The minimum atomic E-state index is -1.28. The molecule has 1 aliphatic rings. The van der Waals surface area contributed by atoms with Crippen molar-refractivity contribution in [3.8, 4) is 0 Å². The summed E-state index contributed by atoms with van der Waals surface area (Å²) in [7, 11) is 0. The highest BCUT2D eigenvalue weighted by molar-refractivity contribution is 8.27. The second kappa shape index (κ2) is 7.00. The Labute approximate surface area is 153 Å². The number of thiocarbonyl (C=S) groups is 1. The Bertz CT molecular complexity index is 902. The minimum absolute atomic E-state index is 0.0278. The number of hydrogen-bond acceptors (Lipinski definition) is 6. The van der Waals surface area contributed by atoms with Crippen molar-refractivity contribution < 1.29 is 19.5 Å². The molecule has 1 aliphatic heterocycles. The van der Waals surface area contributed by atoms with Crippen LogP contribution >= 0.6 is 24.0 Å². The van der Waals surface area contributed by atoms with Gasteiger partial charge in [-0.2, -0.15) is 0 Å². The van der Waals surface area contributed by atoms with E-state index in [0.717, 1.165) is 23.6 Å². The van der Waals surface area contributed by atoms with Gasteiger partial charge in [-0.3, -0.25) is 14.5 Å². The maximum absolute atomic E-state index is 12.6. The molecule has 0 aliphatic carbocycles. The Morgan fingerprint density at radius 1 is 1.04 bits per heavy atom. The van der Waals surface area contributed by atoms with E-state index in [1.807, 2.05) is 0 Å². The third-order valence-corrected chi connectivity index (χ3v) is 4.83. The van der Waals surface area contributed by atoms with Crippen LogP contribution in [0.15, 0.2) is 53.4 Å². The lowest BCUT2D eigenvalue weighted by Gasteiger charge is -2.15. The van der Waals surface area contributed by atoms with Crippen LogP contribution in [0.1, 0.15) is 26.3 Å². The van der Waals surface area contributed by atoms with Gasteiger partial charge >= 0.3 is 0 Å². The average molecular weight is 368 g/mol. The molecule has 2 aromatic rings. The van der Waals surface area contributed by atoms with Gasteiger partial charge in [0.05, 0.1) is 16.6 Å². The summed E-state index contributed by atoms with van der Waals surface area (Å²) < 4.78 is 0.363. The van der Waals surface area contributed by atoms with Crippen molar-refractivity contribution in [2.75, 3.05) is 4.90 Å². The van der Waals surface area contributed by atoms with Crippen LogP contribution in [0.5, 0.6) is 0 Å². The minimum Gasteiger partial charge on any atom is -0.545 e. The van der Waals surface area contributed by atoms with Crippen LogP contribution in [0, 0.1) is 0 Å². The molecule has 7 heteroatoms. The smallest absolute Gasteiger partial charge is 0.270 e. The van der Waals surface area contributed by atoms with E-state index < -0.39 is 5.97 Å². The van der Waals surface area contributed by atoms with E-state index >= 15 is 0 Å². The van der Waals surface area contributed by atoms with Gasteiger partial charge in [0.15, 0.2) is 4.32 Å². The molecule has 3 rings (SSSR count). The molecule has 0 spiro atoms. The van der Waals surface area contributed by atoms with E-state index in [0.29, 0.717) is 20.5 Å². The molecule has 0 bridgehead atoms. The van der Waals surface area contributed by atoms with Crippen LogP contribution in [-0.2, 0) is 4.79 Å². The molecule has 0 N–H and O–H groups in total. The molecule has 1 heterocycles. The van der Waals surface area contributed by atoms with Gasteiger partial charge in [-0.05, 0) is 29.3 Å². The fraction of sp³-hybridized carbons (Fsp3) is 0. The van der Waals surface area contributed by atoms with Crippen LogP contribution in [0.2, 0.25) is 0 Å². The van der Waals surface area contributed by atoms with Gasteiger partial charge in [0.1, 0.15) is 6.29 Å². The molecule has 5 nitrogen and oxygen atoms in total. The summed E-state index contributed by atoms with van der Waals surface area (Å²) >= 11 is 6.43. The van der Waals surface area contributed by atoms with Crippen LogP contribution in [-0.4, -0.2) is 22.5 Å². The molecular formula is C18H10NO4S2-. The number of hydrogen-bond donors (Lipinski definition) is 0. The molecular weight excluding hydrogens is 358 g/mol. The molecule has 0 atom stereocenters. The highest BCUT2D eigenvalue weighted by Gasteiger charge is 2.33. The number of carbonyl (C=O) groups excluding carboxylic acids is 3. The van der Waals surface area contributed by atoms with E-state index in [9.17, 15) is 19.5 Å². The molecule has 1 fully saturated rings. The van der Waals surface area contributed by atoms with E-state index in [1.54, 1.807) is 30.3 Å². The second-order valence-corrected chi connectivity index (χ2v) is 6.81. The molecule has 0 aromatic heterocycles. The third kappa shape index (κ3) is 3.52. The van der Waals surface area contributed by atoms with Crippen molar-refractivity contribution >= 4 is 58.2 Å². The maximum Gasteiger partial charge on any atom is 0.270 e. The standard InChI is InChI=1S/C18H11NO4S2/c20-10-12-3-1-11(2-4-12)9-15-16(21)19(18(24)25-15)14-7-5-13(6-8-14)17(22)23/h1-10H,(H,22,23)/p-1/b15-9-. The average Bonchev–Trinajstić information content (AvgIpc) is 2.89. The van der Waals surface area contributed by atoms with Crippen molar-refractivity contribution in [3.05, 3.63) is 70.1 Å². The highest BCUT2D eigenvalue weighted by Crippen LogP contribution is 2.36. The zero-order valence-electron chi connectivity index (χ0n) is 12.7. The first-order chi connectivity index (χ1) is 12.0. The number of aldehydes is 1. The molecule has 124 valence electrons. The summed E-state index contributed by atoms with van der Waals surface area (Å²) in [6, 6.07) is 12.6. The number of nitrogens with zero attached hydrogens (tertiary/aromatic N) is 1. The summed E-state index contributed by atoms with van der Waals surface area (Å²) in [6.07, 6.45) is 2.45. The van der Waals surface area contributed by atoms with Gasteiger partial charge in [0, 0.05) is 5.56 Å². The number of benzene rings is 2. The fourth-order valence-electron chi connectivity index (χ4n) is 2.26. The van der Waals surface area contributed by atoms with Crippen LogP contribution in [0.4, 0.5) is 5.69 Å². The Kier molecular flexibility index (Phi) is 4.78. The predicted octanol–water partition coefficient (Wildman–Crippen LogP) is 2.27. The van der Waals surface area contributed by atoms with Crippen molar-refractivity contribution in [1.82, 2.24) is 0 Å². The summed E-state index contributed by atoms with van der Waals surface area (Å²) in [5.74, 6) is -1.56. The molecule has 25 heavy (non-hydrogen) atoms. The van der Waals surface area contributed by atoms with E-state index in [-0.39, 0.29) is 11.5 Å². The Morgan fingerprint density at radius 3 is 2.20 bits per heavy atom. The molecule has 1 amide bonds. The largest absolute Gasteiger partial charge is 0.545 e. The number of anilines is 1. The van der Waals surface area contributed by atoms with Crippen LogP contribution in [0.3, 0.4) is 0 Å². The Morgan fingerprint density at radius 2 is 1.64 bits per heavy atom. The zero-order valence-corrected chi connectivity index (χ0v) is 14.3. The van der Waals surface area contributed by atoms with Gasteiger partial charge in [-0.15, -0.1) is 0 Å². The van der Waals surface area contributed by atoms with Crippen molar-refractivity contribution in [1.29, 1.82) is 0 Å². The summed E-state index contributed by atoms with van der Waals surface area (Å²) in [4.78, 5) is 35.9. The monoisotopic (exact) mass is 368 g/mol. The van der Waals surface area contributed by atoms with Crippen molar-refractivity contribution in [2.24, 2.45) is 0 Å². The second-order valence-electron chi connectivity index (χ2n) is 5.14. The lowest BCUT2D eigenvalue weighted by atomic mass is 10.1. The van der Waals surface area contributed by atoms with E-state index in [4.69, 9.17) is 12.2 Å². The van der Waals surface area contributed by atoms with Gasteiger partial charge < -0.3 is 9.90 Å². The van der Waals surface area contributed by atoms with E-state index in [1.165, 1.54) is 29.2 Å². The number of carboxylic acids is 1. The van der Waals surface area contributed by atoms with Crippen molar-refractivity contribution in [2.45, 2.75) is 0 Å². The van der Waals surface area contributed by atoms with Crippen LogP contribution in [0.25, 0.3) is 6.08 Å². The molecule has 0 saturated carbocycles. The topological polar surface area (TPSA) is 77.5 Å². The number of amides is 1. The quantitative estimate of drug-likeness (QED) is 0.468. The first-order valence-corrected chi connectivity index (χ1v) is 8.36. The predicted molar refractivity (Wildman–Crippen MR) is 98.3 cm³/mol. The third-order valence-electron chi connectivity index (χ3n) is 3.53. The molecule has 2 aromatic carbocycles. The zero-order chi connectivity index (χ0) is 18.0. The number of rotatable bonds is 4. The first kappa shape index (κ1) is 17.1. The summed E-state index contributed by atoms with van der Waals surface area (Å²) in [6.45, 7) is 0.